The molecule has 0 aliphatic carbocycles. The lowest BCUT2D eigenvalue weighted by Gasteiger charge is -2.39. The highest BCUT2D eigenvalue weighted by Gasteiger charge is 2.34. The van der Waals surface area contributed by atoms with Gasteiger partial charge in [-0.1, -0.05) is 6.92 Å². The Balaban J connectivity index is 2.12. The largest absolute Gasteiger partial charge is 0.465 e. The van der Waals surface area contributed by atoms with Crippen LogP contribution < -0.4 is 5.32 Å². The Morgan fingerprint density at radius 2 is 1.81 bits per heavy atom. The molecule has 0 aliphatic heterocycles. The molecule has 0 saturated heterocycles. The Bertz CT molecular complexity index is 1300. The molecule has 2 amide bonds. The quantitative estimate of drug-likeness (QED) is 0.385. The Kier molecular flexibility index (Phi) is 8.05. The van der Waals surface area contributed by atoms with Crippen molar-refractivity contribution in [2.45, 2.75) is 85.4 Å². The number of nitrogens with zero attached hydrogens (tertiary/aromatic N) is 4. The monoisotopic (exact) mass is 507 g/mol. The molecule has 198 valence electrons. The summed E-state index contributed by atoms with van der Waals surface area (Å²) >= 11 is 0. The molecule has 0 saturated carbocycles. The van der Waals surface area contributed by atoms with Crippen LogP contribution in [-0.4, -0.2) is 54.6 Å². The van der Waals surface area contributed by atoms with Gasteiger partial charge in [0.2, 0.25) is 0 Å². The van der Waals surface area contributed by atoms with Gasteiger partial charge in [-0.15, -0.1) is 5.10 Å². The number of aryl methyl sites for hydroxylation is 1. The lowest BCUT2D eigenvalue weighted by molar-refractivity contribution is 0.0634. The zero-order valence-corrected chi connectivity index (χ0v) is 22.9. The average Bonchev–Trinajstić information content (AvgIpc) is 2.76. The van der Waals surface area contributed by atoms with E-state index in [1.165, 1.54) is 4.90 Å². The number of amides is 2. The van der Waals surface area contributed by atoms with Gasteiger partial charge in [0.25, 0.3) is 0 Å². The molecule has 0 spiro atoms. The van der Waals surface area contributed by atoms with E-state index in [0.29, 0.717) is 23.3 Å². The molecule has 0 radical (unpaired) electrons. The molecule has 2 heterocycles. The molecule has 0 atom stereocenters. The van der Waals surface area contributed by atoms with Crippen molar-refractivity contribution >= 4 is 28.8 Å². The van der Waals surface area contributed by atoms with E-state index < -0.39 is 23.3 Å². The van der Waals surface area contributed by atoms with Crippen LogP contribution in [0.3, 0.4) is 0 Å². The molecule has 0 aliphatic rings. The fraction of sp³-hybridized carbons (Fsp3) is 0.464. The van der Waals surface area contributed by atoms with E-state index in [-0.39, 0.29) is 6.04 Å². The van der Waals surface area contributed by atoms with Crippen molar-refractivity contribution in [2.75, 3.05) is 5.32 Å². The van der Waals surface area contributed by atoms with Crippen LogP contribution >= 0.6 is 0 Å². The molecule has 1 aromatic carbocycles. The van der Waals surface area contributed by atoms with Gasteiger partial charge in [0.1, 0.15) is 11.1 Å². The number of carbonyl (C=O) groups is 2. The highest BCUT2D eigenvalue weighted by molar-refractivity contribution is 6.00. The minimum Gasteiger partial charge on any atom is -0.465 e. The number of hydrogen-bond acceptors (Lipinski definition) is 6. The zero-order chi connectivity index (χ0) is 27.5. The molecular formula is C28H37N5O4. The molecule has 0 fully saturated rings. The van der Waals surface area contributed by atoms with Gasteiger partial charge >= 0.3 is 12.2 Å². The van der Waals surface area contributed by atoms with E-state index in [4.69, 9.17) is 4.74 Å². The number of rotatable bonds is 7. The van der Waals surface area contributed by atoms with Crippen molar-refractivity contribution in [3.05, 3.63) is 47.9 Å². The molecule has 2 N–H and O–H groups in total. The van der Waals surface area contributed by atoms with Gasteiger partial charge in [0.05, 0.1) is 11.4 Å². The second-order valence-corrected chi connectivity index (χ2v) is 11.0. The van der Waals surface area contributed by atoms with Crippen LogP contribution in [0.5, 0.6) is 0 Å². The topological polar surface area (TPSA) is 118 Å². The van der Waals surface area contributed by atoms with Gasteiger partial charge in [-0.25, -0.2) is 9.59 Å². The van der Waals surface area contributed by atoms with E-state index in [1.807, 2.05) is 58.2 Å². The first-order valence-corrected chi connectivity index (χ1v) is 12.5. The summed E-state index contributed by atoms with van der Waals surface area (Å²) in [7, 11) is 0. The van der Waals surface area contributed by atoms with Crippen molar-refractivity contribution in [2.24, 2.45) is 0 Å². The number of pyridine rings is 1. The van der Waals surface area contributed by atoms with Crippen LogP contribution in [0.15, 0.2) is 36.7 Å². The Labute approximate surface area is 218 Å². The SMILES string of the molecule is CCc1ccncc1-c1cc(NC(=O)OC(C)(C)C)c2nnc(CC(C)(C)N(C(=O)O)C(C)C)cc2c1. The molecule has 3 aromatic rings. The standard InChI is InChI=1S/C28H37N5O4/c1-9-18-10-11-29-16-22(18)19-12-20-13-21(15-28(7,8)33(17(2)3)26(35)36)31-32-24(20)23(14-19)30-25(34)37-27(4,5)6/h10-14,16-17H,9,15H2,1-8H3,(H,30,34)(H,35,36). The summed E-state index contributed by atoms with van der Waals surface area (Å²) in [4.78, 5) is 30.3. The van der Waals surface area contributed by atoms with Crippen LogP contribution in [-0.2, 0) is 17.6 Å². The lowest BCUT2D eigenvalue weighted by atomic mass is 9.93. The van der Waals surface area contributed by atoms with Crippen LogP contribution in [0.2, 0.25) is 0 Å². The third kappa shape index (κ3) is 6.72. The number of benzene rings is 1. The third-order valence-electron chi connectivity index (χ3n) is 5.97. The van der Waals surface area contributed by atoms with Crippen molar-refractivity contribution < 1.29 is 19.4 Å². The summed E-state index contributed by atoms with van der Waals surface area (Å²) in [5, 5.41) is 22.2. The first-order chi connectivity index (χ1) is 17.2. The van der Waals surface area contributed by atoms with E-state index in [9.17, 15) is 14.7 Å². The van der Waals surface area contributed by atoms with Gasteiger partial charge in [-0.2, -0.15) is 5.10 Å². The van der Waals surface area contributed by atoms with Crippen molar-refractivity contribution in [3.8, 4) is 11.1 Å². The predicted molar refractivity (Wildman–Crippen MR) is 145 cm³/mol. The number of hydrogen-bond donors (Lipinski definition) is 2. The van der Waals surface area contributed by atoms with E-state index in [1.54, 1.807) is 27.0 Å². The number of nitrogens with one attached hydrogen (secondary N) is 1. The molecule has 0 bridgehead atoms. The van der Waals surface area contributed by atoms with Gasteiger partial charge in [0, 0.05) is 41.3 Å². The van der Waals surface area contributed by atoms with E-state index >= 15 is 0 Å². The summed E-state index contributed by atoms with van der Waals surface area (Å²) in [6.07, 6.45) is 3.18. The predicted octanol–water partition coefficient (Wildman–Crippen LogP) is 6.31. The smallest absolute Gasteiger partial charge is 0.412 e. The number of carboxylic acid groups (broad SMARTS) is 1. The number of anilines is 1. The number of fused-ring (bicyclic) bond motifs is 1. The summed E-state index contributed by atoms with van der Waals surface area (Å²) < 4.78 is 5.47. The average molecular weight is 508 g/mol. The number of carbonyl (C=O) groups excluding carboxylic acids is 1. The van der Waals surface area contributed by atoms with E-state index in [0.717, 1.165) is 28.5 Å². The highest BCUT2D eigenvalue weighted by Crippen LogP contribution is 2.33. The molecule has 3 rings (SSSR count). The summed E-state index contributed by atoms with van der Waals surface area (Å²) in [6, 6.07) is 7.53. The zero-order valence-electron chi connectivity index (χ0n) is 22.9. The minimum absolute atomic E-state index is 0.199. The van der Waals surface area contributed by atoms with Crippen LogP contribution in [0, 0.1) is 0 Å². The van der Waals surface area contributed by atoms with Crippen molar-refractivity contribution in [1.29, 1.82) is 0 Å². The molecular weight excluding hydrogens is 470 g/mol. The molecule has 9 nitrogen and oxygen atoms in total. The number of aromatic nitrogens is 3. The number of ether oxygens (including phenoxy) is 1. The second kappa shape index (κ2) is 10.7. The van der Waals surface area contributed by atoms with Gasteiger partial charge in [-0.05, 0) is 90.3 Å². The van der Waals surface area contributed by atoms with Gasteiger partial charge in [-0.3, -0.25) is 10.3 Å². The first kappa shape index (κ1) is 27.8. The van der Waals surface area contributed by atoms with Crippen LogP contribution in [0.25, 0.3) is 22.0 Å². The lowest BCUT2D eigenvalue weighted by Crippen LogP contribution is -2.52. The molecule has 0 unspecified atom stereocenters. The van der Waals surface area contributed by atoms with Gasteiger partial charge in [0.15, 0.2) is 0 Å². The maximum Gasteiger partial charge on any atom is 0.412 e. The Morgan fingerprint density at radius 1 is 1.11 bits per heavy atom. The summed E-state index contributed by atoms with van der Waals surface area (Å²) in [6.45, 7) is 14.9. The maximum absolute atomic E-state index is 12.6. The summed E-state index contributed by atoms with van der Waals surface area (Å²) in [5.74, 6) is 0. The van der Waals surface area contributed by atoms with Crippen LogP contribution in [0.4, 0.5) is 15.3 Å². The Morgan fingerprint density at radius 3 is 2.41 bits per heavy atom. The van der Waals surface area contributed by atoms with E-state index in [2.05, 4.69) is 27.4 Å². The first-order valence-electron chi connectivity index (χ1n) is 12.5. The highest BCUT2D eigenvalue weighted by atomic mass is 16.6. The van der Waals surface area contributed by atoms with Gasteiger partial charge < -0.3 is 14.7 Å². The second-order valence-electron chi connectivity index (χ2n) is 11.0. The Hall–Kier alpha value is -3.75. The molecule has 2 aromatic heterocycles. The fourth-order valence-electron chi connectivity index (χ4n) is 4.65. The van der Waals surface area contributed by atoms with Crippen molar-refractivity contribution in [3.63, 3.8) is 0 Å². The van der Waals surface area contributed by atoms with Crippen LogP contribution in [0.1, 0.15) is 66.6 Å². The fourth-order valence-corrected chi connectivity index (χ4v) is 4.65. The molecule has 9 heteroatoms. The molecule has 37 heavy (non-hydrogen) atoms. The normalized spacial score (nSPS) is 12.0. The minimum atomic E-state index is -0.983. The third-order valence-corrected chi connectivity index (χ3v) is 5.97. The summed E-state index contributed by atoms with van der Waals surface area (Å²) in [5.41, 5.74) is 3.20. The van der Waals surface area contributed by atoms with Crippen molar-refractivity contribution in [1.82, 2.24) is 20.1 Å². The maximum atomic E-state index is 12.6.